The summed E-state index contributed by atoms with van der Waals surface area (Å²) in [6.07, 6.45) is 3.27. The normalized spacial score (nSPS) is 10.7. The predicted octanol–water partition coefficient (Wildman–Crippen LogP) is 5.24. The molecule has 128 valence electrons. The summed E-state index contributed by atoms with van der Waals surface area (Å²) in [5.41, 5.74) is 6.81. The van der Waals surface area contributed by atoms with E-state index >= 15 is 0 Å². The molecule has 0 amide bonds. The van der Waals surface area contributed by atoms with E-state index in [-0.39, 0.29) is 0 Å². The Kier molecular flexibility index (Phi) is 5.08. The number of nitriles is 1. The Morgan fingerprint density at radius 1 is 1.12 bits per heavy atom. The van der Waals surface area contributed by atoms with Crippen molar-refractivity contribution in [2.24, 2.45) is 0 Å². The second-order valence-corrected chi connectivity index (χ2v) is 12.5. The first-order chi connectivity index (χ1) is 12.4. The molecule has 3 rings (SSSR count). The molecule has 0 aliphatic heterocycles. The molecular formula is C20H17BrN4Si. The van der Waals surface area contributed by atoms with Gasteiger partial charge >= 0.3 is 0 Å². The number of aromatic nitrogens is 2. The standard InChI is InChI=1S/C20H17BrN4Si/c1-26(2,3)8-7-16-10-18-19(13-23-16)24-12-14(11-22)20(18)25-17-6-4-5-15(21)9-17/h4-6,9-10,12-13H,1-3H3,(H,24,25). The largest absolute Gasteiger partial charge is 0.354 e. The van der Waals surface area contributed by atoms with E-state index in [9.17, 15) is 5.26 Å². The Balaban J connectivity index is 2.15. The van der Waals surface area contributed by atoms with Crippen molar-refractivity contribution in [1.82, 2.24) is 9.97 Å². The van der Waals surface area contributed by atoms with Gasteiger partial charge in [-0.05, 0) is 24.3 Å². The fourth-order valence-electron chi connectivity index (χ4n) is 2.34. The van der Waals surface area contributed by atoms with Gasteiger partial charge in [-0.2, -0.15) is 5.26 Å². The van der Waals surface area contributed by atoms with Gasteiger partial charge in [-0.3, -0.25) is 4.98 Å². The molecule has 1 aromatic carbocycles. The fourth-order valence-corrected chi connectivity index (χ4v) is 3.25. The van der Waals surface area contributed by atoms with Gasteiger partial charge in [0.25, 0.3) is 0 Å². The quantitative estimate of drug-likeness (QED) is 0.454. The van der Waals surface area contributed by atoms with Crippen LogP contribution in [-0.2, 0) is 0 Å². The van der Waals surface area contributed by atoms with E-state index < -0.39 is 8.07 Å². The highest BCUT2D eigenvalue weighted by atomic mass is 79.9. The van der Waals surface area contributed by atoms with Gasteiger partial charge in [-0.15, -0.1) is 5.54 Å². The predicted molar refractivity (Wildman–Crippen MR) is 112 cm³/mol. The number of nitrogens with one attached hydrogen (secondary N) is 1. The molecule has 0 aliphatic carbocycles. The first-order valence-corrected chi connectivity index (χ1v) is 12.4. The molecule has 0 saturated heterocycles. The van der Waals surface area contributed by atoms with Crippen molar-refractivity contribution in [2.75, 3.05) is 5.32 Å². The van der Waals surface area contributed by atoms with Crippen molar-refractivity contribution in [3.05, 3.63) is 58.5 Å². The van der Waals surface area contributed by atoms with Crippen LogP contribution in [0.5, 0.6) is 0 Å². The Bertz CT molecular complexity index is 1080. The fraction of sp³-hybridized carbons (Fsp3) is 0.150. The maximum atomic E-state index is 9.51. The van der Waals surface area contributed by atoms with E-state index in [0.29, 0.717) is 16.9 Å². The number of hydrogen-bond acceptors (Lipinski definition) is 4. The molecule has 1 N–H and O–H groups in total. The van der Waals surface area contributed by atoms with Gasteiger partial charge in [0.05, 0.1) is 23.0 Å². The number of hydrogen-bond donors (Lipinski definition) is 1. The Morgan fingerprint density at radius 2 is 1.92 bits per heavy atom. The molecule has 0 spiro atoms. The summed E-state index contributed by atoms with van der Waals surface area (Å²) in [6, 6.07) is 11.9. The van der Waals surface area contributed by atoms with Crippen LogP contribution in [0.2, 0.25) is 19.6 Å². The zero-order chi connectivity index (χ0) is 18.7. The highest BCUT2D eigenvalue weighted by Gasteiger charge is 2.12. The third-order valence-electron chi connectivity index (χ3n) is 3.53. The number of rotatable bonds is 2. The molecule has 3 aromatic rings. The molecule has 26 heavy (non-hydrogen) atoms. The average molecular weight is 421 g/mol. The van der Waals surface area contributed by atoms with Crippen LogP contribution in [-0.4, -0.2) is 18.0 Å². The molecule has 0 bridgehead atoms. The van der Waals surface area contributed by atoms with E-state index in [0.717, 1.165) is 21.1 Å². The lowest BCUT2D eigenvalue weighted by atomic mass is 10.1. The number of pyridine rings is 2. The van der Waals surface area contributed by atoms with Crippen LogP contribution in [0.3, 0.4) is 0 Å². The molecule has 0 fully saturated rings. The first-order valence-electron chi connectivity index (χ1n) is 8.10. The molecule has 4 nitrogen and oxygen atoms in total. The average Bonchev–Trinajstić information content (AvgIpc) is 2.59. The van der Waals surface area contributed by atoms with E-state index in [2.05, 4.69) is 68.4 Å². The second-order valence-electron chi connectivity index (χ2n) is 6.88. The van der Waals surface area contributed by atoms with Crippen LogP contribution in [0, 0.1) is 22.8 Å². The summed E-state index contributed by atoms with van der Waals surface area (Å²) in [6.45, 7) is 6.57. The molecule has 0 unspecified atom stereocenters. The SMILES string of the molecule is C[Si](C)(C)C#Cc1cc2c(Nc3cccc(Br)c3)c(C#N)cnc2cn1. The summed E-state index contributed by atoms with van der Waals surface area (Å²) >= 11 is 3.47. The van der Waals surface area contributed by atoms with Crippen molar-refractivity contribution in [1.29, 1.82) is 5.26 Å². The van der Waals surface area contributed by atoms with Gasteiger partial charge in [0, 0.05) is 21.7 Å². The summed E-state index contributed by atoms with van der Waals surface area (Å²) < 4.78 is 0.961. The Morgan fingerprint density at radius 3 is 2.62 bits per heavy atom. The van der Waals surface area contributed by atoms with E-state index in [4.69, 9.17) is 0 Å². The molecule has 6 heteroatoms. The van der Waals surface area contributed by atoms with Crippen molar-refractivity contribution in [3.63, 3.8) is 0 Å². The minimum Gasteiger partial charge on any atom is -0.354 e. The summed E-state index contributed by atoms with van der Waals surface area (Å²) in [4.78, 5) is 8.74. The van der Waals surface area contributed by atoms with E-state index in [1.165, 1.54) is 0 Å². The zero-order valence-electron chi connectivity index (χ0n) is 14.8. The van der Waals surface area contributed by atoms with Crippen LogP contribution in [0.1, 0.15) is 11.3 Å². The lowest BCUT2D eigenvalue weighted by Gasteiger charge is -2.12. The van der Waals surface area contributed by atoms with Gasteiger partial charge in [0.15, 0.2) is 0 Å². The number of nitrogens with zero attached hydrogens (tertiary/aromatic N) is 3. The van der Waals surface area contributed by atoms with Gasteiger partial charge in [0.2, 0.25) is 0 Å². The van der Waals surface area contributed by atoms with Crippen LogP contribution in [0.15, 0.2) is 47.2 Å². The summed E-state index contributed by atoms with van der Waals surface area (Å²) in [5, 5.41) is 13.7. The van der Waals surface area contributed by atoms with E-state index in [1.54, 1.807) is 12.4 Å². The molecule has 2 heterocycles. The molecule has 0 saturated carbocycles. The maximum Gasteiger partial charge on any atom is 0.129 e. The smallest absolute Gasteiger partial charge is 0.129 e. The third-order valence-corrected chi connectivity index (χ3v) is 4.90. The zero-order valence-corrected chi connectivity index (χ0v) is 17.3. The summed E-state index contributed by atoms with van der Waals surface area (Å²) in [5.74, 6) is 3.17. The lowest BCUT2D eigenvalue weighted by molar-refractivity contribution is 1.27. The van der Waals surface area contributed by atoms with Crippen molar-refractivity contribution in [2.45, 2.75) is 19.6 Å². The van der Waals surface area contributed by atoms with Crippen molar-refractivity contribution in [3.8, 4) is 17.5 Å². The van der Waals surface area contributed by atoms with Crippen molar-refractivity contribution < 1.29 is 0 Å². The van der Waals surface area contributed by atoms with Crippen LogP contribution < -0.4 is 5.32 Å². The first kappa shape index (κ1) is 18.1. The number of fused-ring (bicyclic) bond motifs is 1. The second kappa shape index (κ2) is 7.29. The van der Waals surface area contributed by atoms with Gasteiger partial charge in [-0.25, -0.2) is 4.98 Å². The van der Waals surface area contributed by atoms with E-state index in [1.807, 2.05) is 30.3 Å². The minimum atomic E-state index is -1.50. The monoisotopic (exact) mass is 420 g/mol. The van der Waals surface area contributed by atoms with Crippen LogP contribution in [0.25, 0.3) is 10.9 Å². The van der Waals surface area contributed by atoms with Gasteiger partial charge in [0.1, 0.15) is 19.8 Å². The number of anilines is 2. The van der Waals surface area contributed by atoms with Gasteiger partial charge < -0.3 is 5.32 Å². The van der Waals surface area contributed by atoms with Gasteiger partial charge in [-0.1, -0.05) is 47.6 Å². The molecule has 0 radical (unpaired) electrons. The molecule has 0 aliphatic rings. The van der Waals surface area contributed by atoms with Crippen LogP contribution >= 0.6 is 15.9 Å². The highest BCUT2D eigenvalue weighted by molar-refractivity contribution is 9.10. The summed E-state index contributed by atoms with van der Waals surface area (Å²) in [7, 11) is -1.50. The van der Waals surface area contributed by atoms with Crippen LogP contribution in [0.4, 0.5) is 11.4 Å². The number of benzene rings is 1. The maximum absolute atomic E-state index is 9.51. The topological polar surface area (TPSA) is 61.6 Å². The highest BCUT2D eigenvalue weighted by Crippen LogP contribution is 2.29. The van der Waals surface area contributed by atoms with Crippen molar-refractivity contribution >= 4 is 46.3 Å². The number of halogens is 1. The molecular weight excluding hydrogens is 404 g/mol. The third kappa shape index (κ3) is 4.29. The Labute approximate surface area is 162 Å². The molecule has 2 aromatic heterocycles. The Hall–Kier alpha value is -2.67. The molecule has 0 atom stereocenters. The minimum absolute atomic E-state index is 0.479. The lowest BCUT2D eigenvalue weighted by Crippen LogP contribution is -2.16.